The maximum absolute atomic E-state index is 10.1. The van der Waals surface area contributed by atoms with Crippen LogP contribution < -0.4 is 0 Å². The van der Waals surface area contributed by atoms with Crippen molar-refractivity contribution in [3.05, 3.63) is 0 Å². The Kier molecular flexibility index (Phi) is 13.3. The van der Waals surface area contributed by atoms with Gasteiger partial charge in [-0.3, -0.25) is 0 Å². The smallest absolute Gasteiger partial charge is 0.119 e. The number of aliphatic hydroxyl groups excluding tert-OH is 2. The van der Waals surface area contributed by atoms with Crippen LogP contribution in [0.15, 0.2) is 0 Å². The van der Waals surface area contributed by atoms with E-state index in [-0.39, 0.29) is 13.2 Å². The summed E-state index contributed by atoms with van der Waals surface area (Å²) in [5.41, 5.74) is 0. The molecule has 2 N–H and O–H groups in total. The van der Waals surface area contributed by atoms with Crippen molar-refractivity contribution in [2.45, 2.75) is 44.9 Å². The largest absolute Gasteiger partial charge is 0.396 e. The molecule has 0 saturated heterocycles. The molecule has 0 aromatic rings. The number of carbonyl (C=O) groups is 1. The van der Waals surface area contributed by atoms with Gasteiger partial charge in [-0.05, 0) is 45.2 Å². The molecule has 0 aromatic carbocycles. The number of nitrogens with zero attached hydrogens (tertiary/aromatic N) is 1. The van der Waals surface area contributed by atoms with Crippen molar-refractivity contribution >= 4 is 6.29 Å². The molecule has 0 heterocycles. The van der Waals surface area contributed by atoms with E-state index >= 15 is 0 Å². The van der Waals surface area contributed by atoms with Crippen molar-refractivity contribution in [3.8, 4) is 0 Å². The van der Waals surface area contributed by atoms with E-state index in [4.69, 9.17) is 10.2 Å². The molecule has 0 aliphatic carbocycles. The lowest BCUT2D eigenvalue weighted by Gasteiger charge is -2.21. The van der Waals surface area contributed by atoms with Crippen LogP contribution in [0.5, 0.6) is 0 Å². The highest BCUT2D eigenvalue weighted by Crippen LogP contribution is 2.03. The standard InChI is InChI=1S/C13H27NO3/c15-11-6-2-1-4-8-14(10-13-17)9-5-3-7-12-16/h11,16-17H,1-10,12-13H2. The van der Waals surface area contributed by atoms with Crippen molar-refractivity contribution in [1.82, 2.24) is 4.90 Å². The van der Waals surface area contributed by atoms with Crippen LogP contribution in [0.2, 0.25) is 0 Å². The molecule has 0 unspecified atom stereocenters. The van der Waals surface area contributed by atoms with Crippen LogP contribution in [0, 0.1) is 0 Å². The lowest BCUT2D eigenvalue weighted by molar-refractivity contribution is -0.107. The van der Waals surface area contributed by atoms with E-state index in [0.29, 0.717) is 6.42 Å². The molecule has 0 rings (SSSR count). The van der Waals surface area contributed by atoms with Gasteiger partial charge in [-0.2, -0.15) is 0 Å². The Morgan fingerprint density at radius 3 is 1.94 bits per heavy atom. The van der Waals surface area contributed by atoms with Crippen LogP contribution >= 0.6 is 0 Å². The molecule has 102 valence electrons. The summed E-state index contributed by atoms with van der Waals surface area (Å²) in [5.74, 6) is 0. The topological polar surface area (TPSA) is 60.8 Å². The van der Waals surface area contributed by atoms with Gasteiger partial charge >= 0.3 is 0 Å². The minimum absolute atomic E-state index is 0.203. The van der Waals surface area contributed by atoms with Crippen molar-refractivity contribution in [3.63, 3.8) is 0 Å². The van der Waals surface area contributed by atoms with E-state index in [9.17, 15) is 4.79 Å². The summed E-state index contributed by atoms with van der Waals surface area (Å²) in [7, 11) is 0. The second-order valence-electron chi connectivity index (χ2n) is 4.37. The molecule has 0 aliphatic rings. The second kappa shape index (κ2) is 13.6. The lowest BCUT2D eigenvalue weighted by Crippen LogP contribution is -2.29. The van der Waals surface area contributed by atoms with Crippen molar-refractivity contribution in [2.24, 2.45) is 0 Å². The van der Waals surface area contributed by atoms with Crippen molar-refractivity contribution in [1.29, 1.82) is 0 Å². The molecular weight excluding hydrogens is 218 g/mol. The van der Waals surface area contributed by atoms with Gasteiger partial charge in [-0.15, -0.1) is 0 Å². The predicted molar refractivity (Wildman–Crippen MR) is 69.0 cm³/mol. The van der Waals surface area contributed by atoms with E-state index in [1.54, 1.807) is 0 Å². The van der Waals surface area contributed by atoms with Crippen molar-refractivity contribution in [2.75, 3.05) is 32.8 Å². The van der Waals surface area contributed by atoms with Crippen LogP contribution in [0.25, 0.3) is 0 Å². The molecule has 0 atom stereocenters. The molecular formula is C13H27NO3. The fourth-order valence-electron chi connectivity index (χ4n) is 1.84. The fourth-order valence-corrected chi connectivity index (χ4v) is 1.84. The molecule has 0 amide bonds. The molecule has 0 bridgehead atoms. The molecule has 0 spiro atoms. The number of carbonyl (C=O) groups excluding carboxylic acids is 1. The number of hydrogen-bond donors (Lipinski definition) is 2. The Labute approximate surface area is 105 Å². The number of aliphatic hydroxyl groups is 2. The summed E-state index contributed by atoms with van der Waals surface area (Å²) in [6.07, 6.45) is 7.77. The summed E-state index contributed by atoms with van der Waals surface area (Å²) < 4.78 is 0. The van der Waals surface area contributed by atoms with Gasteiger partial charge in [-0.1, -0.05) is 6.42 Å². The summed E-state index contributed by atoms with van der Waals surface area (Å²) in [5, 5.41) is 17.6. The maximum Gasteiger partial charge on any atom is 0.119 e. The maximum atomic E-state index is 10.1. The van der Waals surface area contributed by atoms with Gasteiger partial charge in [0.25, 0.3) is 0 Å². The molecule has 0 saturated carbocycles. The number of hydrogen-bond acceptors (Lipinski definition) is 4. The monoisotopic (exact) mass is 245 g/mol. The van der Waals surface area contributed by atoms with Crippen LogP contribution in [0.1, 0.15) is 44.9 Å². The third kappa shape index (κ3) is 11.8. The molecule has 4 heteroatoms. The lowest BCUT2D eigenvalue weighted by atomic mass is 10.2. The highest BCUT2D eigenvalue weighted by atomic mass is 16.3. The fraction of sp³-hybridized carbons (Fsp3) is 0.923. The highest BCUT2D eigenvalue weighted by molar-refractivity contribution is 5.48. The average molecular weight is 245 g/mol. The molecule has 0 aromatic heterocycles. The summed E-state index contributed by atoms with van der Waals surface area (Å²) in [6, 6.07) is 0. The van der Waals surface area contributed by atoms with Crippen LogP contribution in [0.3, 0.4) is 0 Å². The first-order chi connectivity index (χ1) is 8.35. The van der Waals surface area contributed by atoms with Crippen LogP contribution in [-0.4, -0.2) is 54.2 Å². The molecule has 0 fully saturated rings. The van der Waals surface area contributed by atoms with Gasteiger partial charge in [0.1, 0.15) is 6.29 Å². The van der Waals surface area contributed by atoms with Crippen LogP contribution in [0.4, 0.5) is 0 Å². The zero-order chi connectivity index (χ0) is 12.8. The predicted octanol–water partition coefficient (Wildman–Crippen LogP) is 1.20. The average Bonchev–Trinajstić information content (AvgIpc) is 2.34. The van der Waals surface area contributed by atoms with E-state index in [1.807, 2.05) is 0 Å². The third-order valence-corrected chi connectivity index (χ3v) is 2.85. The second-order valence-corrected chi connectivity index (χ2v) is 4.37. The minimum Gasteiger partial charge on any atom is -0.396 e. The Morgan fingerprint density at radius 2 is 1.41 bits per heavy atom. The number of aldehydes is 1. The summed E-state index contributed by atoms with van der Waals surface area (Å²) in [6.45, 7) is 3.19. The van der Waals surface area contributed by atoms with Crippen LogP contribution in [-0.2, 0) is 4.79 Å². The number of rotatable bonds is 13. The Bertz CT molecular complexity index is 165. The zero-order valence-electron chi connectivity index (χ0n) is 10.8. The quantitative estimate of drug-likeness (QED) is 0.378. The highest BCUT2D eigenvalue weighted by Gasteiger charge is 2.03. The van der Waals surface area contributed by atoms with Gasteiger partial charge in [0, 0.05) is 19.6 Å². The summed E-state index contributed by atoms with van der Waals surface area (Å²) in [4.78, 5) is 12.4. The van der Waals surface area contributed by atoms with Crippen molar-refractivity contribution < 1.29 is 15.0 Å². The van der Waals surface area contributed by atoms with Gasteiger partial charge in [0.2, 0.25) is 0 Å². The summed E-state index contributed by atoms with van der Waals surface area (Å²) >= 11 is 0. The normalized spacial score (nSPS) is 11.0. The first kappa shape index (κ1) is 16.6. The molecule has 0 aliphatic heterocycles. The molecule has 4 nitrogen and oxygen atoms in total. The van der Waals surface area contributed by atoms with E-state index in [0.717, 1.165) is 64.4 Å². The first-order valence-corrected chi connectivity index (χ1v) is 6.73. The van der Waals surface area contributed by atoms with E-state index in [2.05, 4.69) is 4.90 Å². The minimum atomic E-state index is 0.203. The first-order valence-electron chi connectivity index (χ1n) is 6.73. The molecule has 0 radical (unpaired) electrons. The Hall–Kier alpha value is -0.450. The zero-order valence-corrected chi connectivity index (χ0v) is 10.8. The SMILES string of the molecule is O=CCCCCCN(CCO)CCCCCO. The molecule has 17 heavy (non-hydrogen) atoms. The third-order valence-electron chi connectivity index (χ3n) is 2.85. The van der Waals surface area contributed by atoms with E-state index in [1.165, 1.54) is 0 Å². The van der Waals surface area contributed by atoms with Gasteiger partial charge in [0.15, 0.2) is 0 Å². The number of unbranched alkanes of at least 4 members (excludes halogenated alkanes) is 5. The van der Waals surface area contributed by atoms with E-state index < -0.39 is 0 Å². The Balaban J connectivity index is 3.48. The van der Waals surface area contributed by atoms with Gasteiger partial charge in [-0.25, -0.2) is 0 Å². The Morgan fingerprint density at radius 1 is 0.765 bits per heavy atom. The van der Waals surface area contributed by atoms with Gasteiger partial charge < -0.3 is 19.9 Å². The van der Waals surface area contributed by atoms with Gasteiger partial charge in [0.05, 0.1) is 6.61 Å².